The summed E-state index contributed by atoms with van der Waals surface area (Å²) in [6.07, 6.45) is 0.278. The highest BCUT2D eigenvalue weighted by atomic mass is 16.6. The zero-order valence-electron chi connectivity index (χ0n) is 11.3. The van der Waals surface area contributed by atoms with Gasteiger partial charge in [0.2, 0.25) is 0 Å². The summed E-state index contributed by atoms with van der Waals surface area (Å²) in [5.74, 6) is 0.884. The van der Waals surface area contributed by atoms with E-state index in [4.69, 9.17) is 30.0 Å². The largest absolute Gasteiger partial charge is 0.503 e. The van der Waals surface area contributed by atoms with Crippen LogP contribution in [-0.4, -0.2) is 32.7 Å². The molecule has 0 saturated heterocycles. The molecular formula is C11H26O6. The van der Waals surface area contributed by atoms with Gasteiger partial charge in [0.1, 0.15) is 0 Å². The van der Waals surface area contributed by atoms with E-state index >= 15 is 0 Å². The zero-order valence-corrected chi connectivity index (χ0v) is 11.3. The number of carbonyl (C=O) groups is 2. The molecule has 0 atom stereocenters. The van der Waals surface area contributed by atoms with Crippen molar-refractivity contribution >= 4 is 12.3 Å². The maximum Gasteiger partial charge on any atom is 0.503 e. The molecule has 0 rings (SSSR count). The Hall–Kier alpha value is -1.46. The maximum absolute atomic E-state index is 8.56. The lowest BCUT2D eigenvalue weighted by Crippen LogP contribution is -1.81. The zero-order chi connectivity index (χ0) is 14.9. The summed E-state index contributed by atoms with van der Waals surface area (Å²) in [6, 6.07) is 0. The van der Waals surface area contributed by atoms with Gasteiger partial charge in [-0.2, -0.15) is 0 Å². The van der Waals surface area contributed by atoms with E-state index in [1.807, 2.05) is 0 Å². The molecule has 0 amide bonds. The summed E-state index contributed by atoms with van der Waals surface area (Å²) in [4.78, 5) is 17.1. The molecule has 6 heteroatoms. The van der Waals surface area contributed by atoms with Crippen molar-refractivity contribution in [3.05, 3.63) is 0 Å². The first kappa shape index (κ1) is 24.7. The SMILES string of the molecule is CCC(C)C.CCCC.O=C(O)O.O=C(O)O. The molecule has 0 saturated carbocycles. The van der Waals surface area contributed by atoms with Crippen molar-refractivity contribution in [1.82, 2.24) is 0 Å². The summed E-state index contributed by atoms with van der Waals surface area (Å²) in [5, 5.41) is 27.9. The number of hydrogen-bond donors (Lipinski definition) is 4. The van der Waals surface area contributed by atoms with Crippen molar-refractivity contribution < 1.29 is 30.0 Å². The average Bonchev–Trinajstić information content (AvgIpc) is 2.16. The van der Waals surface area contributed by atoms with Gasteiger partial charge in [0.05, 0.1) is 0 Å². The monoisotopic (exact) mass is 254 g/mol. The molecule has 0 aromatic heterocycles. The predicted molar refractivity (Wildman–Crippen MR) is 67.0 cm³/mol. The molecule has 0 aliphatic heterocycles. The Morgan fingerprint density at radius 3 is 0.941 bits per heavy atom. The lowest BCUT2D eigenvalue weighted by molar-refractivity contribution is 0.135. The summed E-state index contributed by atoms with van der Waals surface area (Å²) in [6.45, 7) is 11.0. The molecule has 0 heterocycles. The van der Waals surface area contributed by atoms with Gasteiger partial charge in [-0.3, -0.25) is 0 Å². The van der Waals surface area contributed by atoms with Gasteiger partial charge in [0.15, 0.2) is 0 Å². The van der Waals surface area contributed by atoms with E-state index in [9.17, 15) is 0 Å². The van der Waals surface area contributed by atoms with Gasteiger partial charge in [-0.05, 0) is 5.92 Å². The van der Waals surface area contributed by atoms with Crippen LogP contribution in [-0.2, 0) is 0 Å². The quantitative estimate of drug-likeness (QED) is 0.583. The summed E-state index contributed by atoms with van der Waals surface area (Å²) >= 11 is 0. The van der Waals surface area contributed by atoms with Gasteiger partial charge >= 0.3 is 12.3 Å². The normalized spacial score (nSPS) is 7.41. The lowest BCUT2D eigenvalue weighted by atomic mass is 10.2. The van der Waals surface area contributed by atoms with Crippen LogP contribution in [0.4, 0.5) is 9.59 Å². The molecule has 0 aromatic rings. The standard InChI is InChI=1S/C5H12.C4H10.2CH2O3/c1-4-5(2)3;1-3-4-2;2*2-1(3)4/h5H,4H2,1-3H3;3-4H2,1-2H3;2*(H2,2,3,4). The second kappa shape index (κ2) is 24.0. The number of rotatable bonds is 2. The fraction of sp³-hybridized carbons (Fsp3) is 0.818. The second-order valence-electron chi connectivity index (χ2n) is 3.37. The van der Waals surface area contributed by atoms with Crippen LogP contribution in [0.25, 0.3) is 0 Å². The molecule has 17 heavy (non-hydrogen) atoms. The maximum atomic E-state index is 8.56. The second-order valence-corrected chi connectivity index (χ2v) is 3.37. The minimum Gasteiger partial charge on any atom is -0.450 e. The molecule has 0 spiro atoms. The van der Waals surface area contributed by atoms with Gasteiger partial charge in [-0.25, -0.2) is 9.59 Å². The van der Waals surface area contributed by atoms with Gasteiger partial charge < -0.3 is 20.4 Å². The Morgan fingerprint density at radius 1 is 0.824 bits per heavy atom. The Kier molecular flexibility index (Phi) is 34.8. The van der Waals surface area contributed by atoms with E-state index in [1.54, 1.807) is 0 Å². The number of carboxylic acid groups (broad SMARTS) is 4. The minimum atomic E-state index is -1.83. The van der Waals surface area contributed by atoms with Crippen molar-refractivity contribution in [2.24, 2.45) is 5.92 Å². The third-order valence-corrected chi connectivity index (χ3v) is 1.32. The minimum absolute atomic E-state index is 0.884. The molecule has 0 aromatic carbocycles. The molecule has 0 unspecified atom stereocenters. The third-order valence-electron chi connectivity index (χ3n) is 1.32. The third kappa shape index (κ3) is 964. The highest BCUT2D eigenvalue weighted by Gasteiger charge is 1.80. The Bertz CT molecular complexity index is 134. The van der Waals surface area contributed by atoms with Crippen LogP contribution in [0.1, 0.15) is 53.9 Å². The van der Waals surface area contributed by atoms with Crippen LogP contribution < -0.4 is 0 Å². The van der Waals surface area contributed by atoms with Crippen LogP contribution >= 0.6 is 0 Å². The van der Waals surface area contributed by atoms with Crippen molar-refractivity contribution in [2.45, 2.75) is 53.9 Å². The van der Waals surface area contributed by atoms with E-state index in [-0.39, 0.29) is 0 Å². The average molecular weight is 254 g/mol. The summed E-state index contributed by atoms with van der Waals surface area (Å²) in [5.41, 5.74) is 0. The fourth-order valence-corrected chi connectivity index (χ4v) is 0. The van der Waals surface area contributed by atoms with E-state index in [2.05, 4.69) is 34.6 Å². The van der Waals surface area contributed by atoms with Crippen LogP contribution in [0.3, 0.4) is 0 Å². The molecule has 0 aliphatic rings. The first-order chi connectivity index (χ1) is 7.65. The lowest BCUT2D eigenvalue weighted by Gasteiger charge is -1.90. The van der Waals surface area contributed by atoms with Crippen LogP contribution in [0.5, 0.6) is 0 Å². The molecule has 0 fully saturated rings. The fourth-order valence-electron chi connectivity index (χ4n) is 0. The first-order valence-corrected chi connectivity index (χ1v) is 5.49. The molecular weight excluding hydrogens is 228 g/mol. The van der Waals surface area contributed by atoms with Gasteiger partial charge in [0.25, 0.3) is 0 Å². The van der Waals surface area contributed by atoms with Crippen molar-refractivity contribution in [2.75, 3.05) is 0 Å². The van der Waals surface area contributed by atoms with Crippen LogP contribution in [0.15, 0.2) is 0 Å². The first-order valence-electron chi connectivity index (χ1n) is 5.49. The van der Waals surface area contributed by atoms with Crippen molar-refractivity contribution in [3.8, 4) is 0 Å². The Balaban J connectivity index is -0.0000000667. The predicted octanol–water partition coefficient (Wildman–Crippen LogP) is 4.30. The smallest absolute Gasteiger partial charge is 0.450 e. The number of hydrogen-bond acceptors (Lipinski definition) is 2. The van der Waals surface area contributed by atoms with E-state index in [1.165, 1.54) is 19.3 Å². The van der Waals surface area contributed by atoms with E-state index in [0.717, 1.165) is 5.92 Å². The Morgan fingerprint density at radius 2 is 0.941 bits per heavy atom. The molecule has 4 N–H and O–H groups in total. The molecule has 106 valence electrons. The Labute approximate surface area is 103 Å². The van der Waals surface area contributed by atoms with Crippen LogP contribution in [0, 0.1) is 5.92 Å². The molecule has 0 aliphatic carbocycles. The highest BCUT2D eigenvalue weighted by Crippen LogP contribution is 1.93. The highest BCUT2D eigenvalue weighted by molar-refractivity contribution is 5.53. The van der Waals surface area contributed by atoms with Gasteiger partial charge in [-0.15, -0.1) is 0 Å². The topological polar surface area (TPSA) is 115 Å². The molecule has 6 nitrogen and oxygen atoms in total. The van der Waals surface area contributed by atoms with Crippen molar-refractivity contribution in [1.29, 1.82) is 0 Å². The van der Waals surface area contributed by atoms with Crippen LogP contribution in [0.2, 0.25) is 0 Å². The van der Waals surface area contributed by atoms with E-state index < -0.39 is 12.3 Å². The van der Waals surface area contributed by atoms with Gasteiger partial charge in [0, 0.05) is 0 Å². The van der Waals surface area contributed by atoms with Gasteiger partial charge in [-0.1, -0.05) is 53.9 Å². The number of unbranched alkanes of at least 4 members (excludes halogenated alkanes) is 1. The molecule has 0 bridgehead atoms. The summed E-state index contributed by atoms with van der Waals surface area (Å²) < 4.78 is 0. The molecule has 0 radical (unpaired) electrons. The summed E-state index contributed by atoms with van der Waals surface area (Å²) in [7, 11) is 0. The van der Waals surface area contributed by atoms with Crippen molar-refractivity contribution in [3.63, 3.8) is 0 Å². The van der Waals surface area contributed by atoms with E-state index in [0.29, 0.717) is 0 Å².